The molecule has 3 aromatic rings. The topological polar surface area (TPSA) is 63.4 Å². The van der Waals surface area contributed by atoms with E-state index in [2.05, 4.69) is 4.98 Å². The molecule has 0 spiro atoms. The third kappa shape index (κ3) is 3.30. The number of aryl methyl sites for hydroxylation is 3. The Morgan fingerprint density at radius 3 is 2.36 bits per heavy atom. The number of aromatic nitrogens is 1. The van der Waals surface area contributed by atoms with Crippen molar-refractivity contribution in [2.45, 2.75) is 25.7 Å². The van der Waals surface area contributed by atoms with Crippen molar-refractivity contribution < 1.29 is 12.8 Å². The first-order valence-corrected chi connectivity index (χ1v) is 9.32. The second-order valence-corrected chi connectivity index (χ2v) is 7.99. The first-order chi connectivity index (χ1) is 11.8. The fraction of sp³-hybridized carbons (Fsp3) is 0.211. The summed E-state index contributed by atoms with van der Waals surface area (Å²) in [6.45, 7) is 5.57. The summed E-state index contributed by atoms with van der Waals surface area (Å²) in [5.41, 5.74) is 3.07. The molecule has 0 N–H and O–H groups in total. The number of rotatable bonds is 4. The van der Waals surface area contributed by atoms with E-state index >= 15 is 0 Å². The smallest absolute Gasteiger partial charge is 0.265 e. The number of nitrogens with zero attached hydrogens (tertiary/aromatic N) is 2. The number of anilines is 1. The summed E-state index contributed by atoms with van der Waals surface area (Å²) < 4.78 is 32.8. The maximum atomic E-state index is 12.9. The highest BCUT2D eigenvalue weighted by Gasteiger charge is 2.23. The summed E-state index contributed by atoms with van der Waals surface area (Å²) in [7, 11) is -2.13. The van der Waals surface area contributed by atoms with Crippen molar-refractivity contribution in [3.05, 3.63) is 65.7 Å². The van der Waals surface area contributed by atoms with Crippen LogP contribution in [0.1, 0.15) is 17.0 Å². The van der Waals surface area contributed by atoms with Crippen LogP contribution in [0.3, 0.4) is 0 Å². The number of pyridine rings is 1. The summed E-state index contributed by atoms with van der Waals surface area (Å²) >= 11 is 0. The zero-order chi connectivity index (χ0) is 18.2. The second kappa shape index (κ2) is 6.37. The van der Waals surface area contributed by atoms with Gasteiger partial charge < -0.3 is 4.42 Å². The van der Waals surface area contributed by atoms with Crippen molar-refractivity contribution in [3.63, 3.8) is 0 Å². The third-order valence-electron chi connectivity index (χ3n) is 4.12. The Labute approximate surface area is 148 Å². The molecule has 0 aliphatic rings. The molecular weight excluding hydrogens is 336 g/mol. The zero-order valence-electron chi connectivity index (χ0n) is 14.6. The van der Waals surface area contributed by atoms with Crippen LogP contribution in [-0.4, -0.2) is 20.4 Å². The average Bonchev–Trinajstić information content (AvgIpc) is 3.01. The minimum absolute atomic E-state index is 0.166. The van der Waals surface area contributed by atoms with Crippen LogP contribution in [0.25, 0.3) is 11.3 Å². The van der Waals surface area contributed by atoms with Gasteiger partial charge in [0.1, 0.15) is 16.4 Å². The van der Waals surface area contributed by atoms with Crippen molar-refractivity contribution >= 4 is 15.7 Å². The highest BCUT2D eigenvalue weighted by Crippen LogP contribution is 2.31. The van der Waals surface area contributed by atoms with E-state index in [0.717, 1.165) is 22.6 Å². The number of hydrogen-bond acceptors (Lipinski definition) is 4. The molecule has 0 bridgehead atoms. The molecule has 0 unspecified atom stereocenters. The minimum Gasteiger partial charge on any atom is -0.461 e. The van der Waals surface area contributed by atoms with E-state index in [0.29, 0.717) is 11.4 Å². The summed E-state index contributed by atoms with van der Waals surface area (Å²) in [6, 6.07) is 12.7. The Hall–Kier alpha value is -2.60. The molecule has 0 saturated carbocycles. The molecular formula is C19H20N2O3S. The van der Waals surface area contributed by atoms with E-state index in [-0.39, 0.29) is 4.90 Å². The van der Waals surface area contributed by atoms with E-state index in [1.54, 1.807) is 19.2 Å². The normalized spacial score (nSPS) is 11.5. The van der Waals surface area contributed by atoms with Gasteiger partial charge in [-0.15, -0.1) is 0 Å². The minimum atomic E-state index is -3.68. The molecule has 0 aliphatic heterocycles. The van der Waals surface area contributed by atoms with E-state index in [9.17, 15) is 8.42 Å². The van der Waals surface area contributed by atoms with Crippen molar-refractivity contribution in [1.82, 2.24) is 4.98 Å². The standard InChI is InChI=1S/C19H20N2O3S/c1-13-5-8-16(19-10-7-15(3)24-19)11-18(13)21(4)25(22,23)17-9-6-14(2)20-12-17/h5-12H,1-4H3. The Balaban J connectivity index is 2.04. The average molecular weight is 356 g/mol. The molecule has 25 heavy (non-hydrogen) atoms. The summed E-state index contributed by atoms with van der Waals surface area (Å²) in [4.78, 5) is 4.26. The lowest BCUT2D eigenvalue weighted by Crippen LogP contribution is -2.27. The molecule has 1 aromatic carbocycles. The largest absolute Gasteiger partial charge is 0.461 e. The maximum absolute atomic E-state index is 12.9. The van der Waals surface area contributed by atoms with Gasteiger partial charge in [-0.05, 0) is 56.7 Å². The van der Waals surface area contributed by atoms with Crippen LogP contribution in [0.2, 0.25) is 0 Å². The Kier molecular flexibility index (Phi) is 4.39. The lowest BCUT2D eigenvalue weighted by molar-refractivity contribution is 0.548. The summed E-state index contributed by atoms with van der Waals surface area (Å²) in [5, 5.41) is 0. The second-order valence-electron chi connectivity index (χ2n) is 6.02. The van der Waals surface area contributed by atoms with Gasteiger partial charge in [0.15, 0.2) is 0 Å². The molecule has 0 atom stereocenters. The molecule has 0 aliphatic carbocycles. The lowest BCUT2D eigenvalue weighted by Gasteiger charge is -2.22. The molecule has 5 nitrogen and oxygen atoms in total. The van der Waals surface area contributed by atoms with Crippen LogP contribution in [0.5, 0.6) is 0 Å². The fourth-order valence-corrected chi connectivity index (χ4v) is 3.78. The molecule has 0 amide bonds. The molecule has 6 heteroatoms. The van der Waals surface area contributed by atoms with Gasteiger partial charge in [-0.2, -0.15) is 0 Å². The summed E-state index contributed by atoms with van der Waals surface area (Å²) in [6.07, 6.45) is 1.39. The Morgan fingerprint density at radius 2 is 1.76 bits per heavy atom. The number of hydrogen-bond donors (Lipinski definition) is 0. The van der Waals surface area contributed by atoms with Gasteiger partial charge in [0.2, 0.25) is 0 Å². The van der Waals surface area contributed by atoms with E-state index in [4.69, 9.17) is 4.42 Å². The molecule has 0 saturated heterocycles. The fourth-order valence-electron chi connectivity index (χ4n) is 2.59. The van der Waals surface area contributed by atoms with E-state index < -0.39 is 10.0 Å². The van der Waals surface area contributed by atoms with Gasteiger partial charge in [-0.25, -0.2) is 8.42 Å². The monoisotopic (exact) mass is 356 g/mol. The van der Waals surface area contributed by atoms with Crippen LogP contribution in [-0.2, 0) is 10.0 Å². The first kappa shape index (κ1) is 17.2. The number of benzene rings is 1. The van der Waals surface area contributed by atoms with Gasteiger partial charge in [0, 0.05) is 24.5 Å². The maximum Gasteiger partial charge on any atom is 0.265 e. The van der Waals surface area contributed by atoms with Crippen LogP contribution in [0.15, 0.2) is 58.0 Å². The predicted octanol–water partition coefficient (Wildman–Crippen LogP) is 4.09. The van der Waals surface area contributed by atoms with Gasteiger partial charge >= 0.3 is 0 Å². The third-order valence-corrected chi connectivity index (χ3v) is 5.87. The van der Waals surface area contributed by atoms with E-state index in [1.807, 2.05) is 51.1 Å². The SMILES string of the molecule is Cc1ccc(S(=O)(=O)N(C)c2cc(-c3ccc(C)o3)ccc2C)cn1. The molecule has 0 fully saturated rings. The molecule has 2 aromatic heterocycles. The van der Waals surface area contributed by atoms with Crippen molar-refractivity contribution in [3.8, 4) is 11.3 Å². The van der Waals surface area contributed by atoms with Crippen molar-refractivity contribution in [2.75, 3.05) is 11.4 Å². The van der Waals surface area contributed by atoms with Gasteiger partial charge in [0.25, 0.3) is 10.0 Å². The van der Waals surface area contributed by atoms with Crippen LogP contribution >= 0.6 is 0 Å². The predicted molar refractivity (Wildman–Crippen MR) is 98.2 cm³/mol. The molecule has 0 radical (unpaired) electrons. The van der Waals surface area contributed by atoms with E-state index in [1.165, 1.54) is 10.5 Å². The summed E-state index contributed by atoms with van der Waals surface area (Å²) in [5.74, 6) is 1.52. The highest BCUT2D eigenvalue weighted by molar-refractivity contribution is 7.92. The van der Waals surface area contributed by atoms with Gasteiger partial charge in [-0.3, -0.25) is 9.29 Å². The molecule has 2 heterocycles. The van der Waals surface area contributed by atoms with Crippen LogP contribution < -0.4 is 4.31 Å². The van der Waals surface area contributed by atoms with Gasteiger partial charge in [-0.1, -0.05) is 12.1 Å². The van der Waals surface area contributed by atoms with Crippen LogP contribution in [0, 0.1) is 20.8 Å². The highest BCUT2D eigenvalue weighted by atomic mass is 32.2. The molecule has 130 valence electrons. The van der Waals surface area contributed by atoms with Crippen LogP contribution in [0.4, 0.5) is 5.69 Å². The quantitative estimate of drug-likeness (QED) is 0.706. The van der Waals surface area contributed by atoms with Crippen molar-refractivity contribution in [2.24, 2.45) is 0 Å². The Bertz CT molecular complexity index is 1010. The van der Waals surface area contributed by atoms with Crippen molar-refractivity contribution in [1.29, 1.82) is 0 Å². The molecule has 3 rings (SSSR count). The first-order valence-electron chi connectivity index (χ1n) is 7.88. The number of furan rings is 1. The zero-order valence-corrected chi connectivity index (χ0v) is 15.5. The lowest BCUT2D eigenvalue weighted by atomic mass is 10.1. The Morgan fingerprint density at radius 1 is 1.00 bits per heavy atom. The number of sulfonamides is 1. The van der Waals surface area contributed by atoms with Gasteiger partial charge in [0.05, 0.1) is 5.69 Å².